The molecule has 0 radical (unpaired) electrons. The average Bonchev–Trinajstić information content (AvgIpc) is 3.35. The first-order chi connectivity index (χ1) is 18.1. The molecule has 0 amide bonds. The van der Waals surface area contributed by atoms with E-state index in [1.54, 1.807) is 4.68 Å². The van der Waals surface area contributed by atoms with Crippen LogP contribution in [0.1, 0.15) is 45.7 Å². The average molecular weight is 534 g/mol. The van der Waals surface area contributed by atoms with Gasteiger partial charge in [0.1, 0.15) is 0 Å². The molecule has 37 heavy (non-hydrogen) atoms. The topological polar surface area (TPSA) is 105 Å². The Morgan fingerprint density at radius 3 is 1.22 bits per heavy atom. The van der Waals surface area contributed by atoms with Gasteiger partial charge in [-0.25, -0.2) is 4.68 Å². The van der Waals surface area contributed by atoms with E-state index >= 15 is 0 Å². The van der Waals surface area contributed by atoms with E-state index in [1.807, 2.05) is 6.20 Å². The van der Waals surface area contributed by atoms with Gasteiger partial charge >= 0.3 is 0 Å². The summed E-state index contributed by atoms with van der Waals surface area (Å²) >= 11 is 0. The first-order valence-electron chi connectivity index (χ1n) is 13.6. The molecule has 0 aliphatic rings. The van der Waals surface area contributed by atoms with E-state index in [4.69, 9.17) is 37.9 Å². The molecule has 1 heterocycles. The van der Waals surface area contributed by atoms with E-state index in [-0.39, 0.29) is 0 Å². The van der Waals surface area contributed by atoms with Crippen molar-refractivity contribution >= 4 is 0 Å². The van der Waals surface area contributed by atoms with E-state index in [0.717, 1.165) is 18.7 Å². The zero-order valence-corrected chi connectivity index (χ0v) is 23.6. The number of rotatable bonds is 28. The fraction of sp³-hybridized carbons (Fsp3) is 0.923. The van der Waals surface area contributed by atoms with Crippen LogP contribution in [0.2, 0.25) is 0 Å². The van der Waals surface area contributed by atoms with Crippen LogP contribution < -0.4 is 0 Å². The minimum Gasteiger partial charge on any atom is -0.379 e. The van der Waals surface area contributed by atoms with Crippen LogP contribution in [0.5, 0.6) is 0 Å². The summed E-state index contributed by atoms with van der Waals surface area (Å²) in [5, 5.41) is 8.21. The van der Waals surface area contributed by atoms with E-state index < -0.39 is 0 Å². The molecule has 0 aliphatic heterocycles. The second-order valence-electron chi connectivity index (χ2n) is 9.14. The molecule has 1 rings (SSSR count). The van der Waals surface area contributed by atoms with E-state index in [1.165, 1.54) is 0 Å². The minimum atomic E-state index is 0.383. The van der Waals surface area contributed by atoms with Gasteiger partial charge in [-0.3, -0.25) is 0 Å². The van der Waals surface area contributed by atoms with Crippen LogP contribution in [0.3, 0.4) is 0 Å². The predicted molar refractivity (Wildman–Crippen MR) is 140 cm³/mol. The highest BCUT2D eigenvalue weighted by atomic mass is 16.6. The van der Waals surface area contributed by atoms with Crippen LogP contribution in [0, 0.1) is 5.92 Å². The number of nitrogens with zero attached hydrogens (tertiary/aromatic N) is 3. The Hall–Kier alpha value is -1.18. The summed E-state index contributed by atoms with van der Waals surface area (Å²) in [6.07, 6.45) is 3.04. The van der Waals surface area contributed by atoms with Crippen molar-refractivity contribution in [3.63, 3.8) is 0 Å². The molecule has 0 saturated carbocycles. The van der Waals surface area contributed by atoms with Crippen molar-refractivity contribution in [2.75, 3.05) is 106 Å². The van der Waals surface area contributed by atoms with Gasteiger partial charge in [0, 0.05) is 12.8 Å². The standard InChI is InChI=1S/C26H51N3O8/c1-24(2)5-7-30-9-11-32-13-15-34-17-19-36-21-22-37-20-18-35-16-14-33-12-10-31-8-6-29-23-26(25(3)4)27-28-29/h23-25H,5-22H2,1-4H3. The molecule has 0 bridgehead atoms. The molecule has 0 aliphatic carbocycles. The molecule has 0 atom stereocenters. The lowest BCUT2D eigenvalue weighted by molar-refractivity contribution is -0.0234. The van der Waals surface area contributed by atoms with Gasteiger partial charge in [0.05, 0.1) is 111 Å². The number of ether oxygens (including phenoxy) is 8. The third-order valence-corrected chi connectivity index (χ3v) is 5.06. The smallest absolute Gasteiger partial charge is 0.0852 e. The molecule has 0 unspecified atom stereocenters. The summed E-state index contributed by atoms with van der Waals surface area (Å²) in [6, 6.07) is 0. The van der Waals surface area contributed by atoms with Gasteiger partial charge < -0.3 is 37.9 Å². The third-order valence-electron chi connectivity index (χ3n) is 5.06. The summed E-state index contributed by atoms with van der Waals surface area (Å²) in [6.45, 7) is 18.4. The summed E-state index contributed by atoms with van der Waals surface area (Å²) in [5.74, 6) is 1.06. The van der Waals surface area contributed by atoms with Crippen LogP contribution in [0.4, 0.5) is 0 Å². The molecule has 11 nitrogen and oxygen atoms in total. The maximum absolute atomic E-state index is 5.55. The molecule has 0 spiro atoms. The molecule has 11 heteroatoms. The maximum atomic E-state index is 5.55. The van der Waals surface area contributed by atoms with Gasteiger partial charge in [-0.1, -0.05) is 32.9 Å². The van der Waals surface area contributed by atoms with E-state index in [9.17, 15) is 0 Å². The second-order valence-corrected chi connectivity index (χ2v) is 9.14. The zero-order valence-electron chi connectivity index (χ0n) is 23.6. The first-order valence-corrected chi connectivity index (χ1v) is 13.6. The summed E-state index contributed by atoms with van der Waals surface area (Å²) in [4.78, 5) is 0. The van der Waals surface area contributed by atoms with Crippen molar-refractivity contribution in [2.45, 2.75) is 46.6 Å². The van der Waals surface area contributed by atoms with Crippen molar-refractivity contribution in [1.82, 2.24) is 15.0 Å². The van der Waals surface area contributed by atoms with Gasteiger partial charge in [0.25, 0.3) is 0 Å². The largest absolute Gasteiger partial charge is 0.379 e. The lowest BCUT2D eigenvalue weighted by Gasteiger charge is -2.09. The van der Waals surface area contributed by atoms with Crippen molar-refractivity contribution in [1.29, 1.82) is 0 Å². The van der Waals surface area contributed by atoms with Crippen LogP contribution in [0.15, 0.2) is 6.20 Å². The van der Waals surface area contributed by atoms with Crippen molar-refractivity contribution < 1.29 is 37.9 Å². The zero-order chi connectivity index (χ0) is 26.8. The normalized spacial score (nSPS) is 11.8. The van der Waals surface area contributed by atoms with Crippen LogP contribution in [-0.2, 0) is 44.4 Å². The Labute approximate surface area is 223 Å². The summed E-state index contributed by atoms with van der Waals surface area (Å²) < 4.78 is 45.7. The Morgan fingerprint density at radius 2 is 0.892 bits per heavy atom. The minimum absolute atomic E-state index is 0.383. The monoisotopic (exact) mass is 533 g/mol. The van der Waals surface area contributed by atoms with Gasteiger partial charge in [-0.2, -0.15) is 0 Å². The highest BCUT2D eigenvalue weighted by Crippen LogP contribution is 2.08. The Balaban J connectivity index is 1.67. The molecule has 0 saturated heterocycles. The molecular formula is C26H51N3O8. The van der Waals surface area contributed by atoms with Gasteiger partial charge in [0.15, 0.2) is 0 Å². The second kappa shape index (κ2) is 25.1. The van der Waals surface area contributed by atoms with Crippen LogP contribution >= 0.6 is 0 Å². The highest BCUT2D eigenvalue weighted by Gasteiger charge is 2.04. The number of aromatic nitrogens is 3. The third kappa shape index (κ3) is 22.5. The fourth-order valence-corrected chi connectivity index (χ4v) is 2.81. The summed E-state index contributed by atoms with van der Waals surface area (Å²) in [5.41, 5.74) is 0.995. The number of hydrogen-bond donors (Lipinski definition) is 0. The van der Waals surface area contributed by atoms with E-state index in [0.29, 0.717) is 117 Å². The van der Waals surface area contributed by atoms with Crippen molar-refractivity contribution in [3.05, 3.63) is 11.9 Å². The molecule has 0 N–H and O–H groups in total. The van der Waals surface area contributed by atoms with Gasteiger partial charge in [-0.15, -0.1) is 5.10 Å². The van der Waals surface area contributed by atoms with Crippen LogP contribution in [0.25, 0.3) is 0 Å². The fourth-order valence-electron chi connectivity index (χ4n) is 2.81. The highest BCUT2D eigenvalue weighted by molar-refractivity contribution is 4.97. The molecule has 1 aromatic heterocycles. The lowest BCUT2D eigenvalue weighted by atomic mass is 10.1. The SMILES string of the molecule is CC(C)CCOCCOCCOCCOCCOCCOCCOCCOCCn1cc(C(C)C)nn1. The van der Waals surface area contributed by atoms with Gasteiger partial charge in [0.2, 0.25) is 0 Å². The molecule has 0 fully saturated rings. The van der Waals surface area contributed by atoms with Crippen LogP contribution in [-0.4, -0.2) is 121 Å². The van der Waals surface area contributed by atoms with E-state index in [2.05, 4.69) is 38.0 Å². The summed E-state index contributed by atoms with van der Waals surface area (Å²) in [7, 11) is 0. The Bertz CT molecular complexity index is 604. The quantitative estimate of drug-likeness (QED) is 0.149. The Kier molecular flexibility index (Phi) is 23.0. The van der Waals surface area contributed by atoms with Crippen molar-refractivity contribution in [2.24, 2.45) is 5.92 Å². The first kappa shape index (κ1) is 33.8. The molecular weight excluding hydrogens is 482 g/mol. The lowest BCUT2D eigenvalue weighted by Crippen LogP contribution is -2.15. The molecule has 0 aromatic carbocycles. The predicted octanol–water partition coefficient (Wildman–Crippen LogP) is 2.58. The molecule has 1 aromatic rings. The maximum Gasteiger partial charge on any atom is 0.0852 e. The number of hydrogen-bond acceptors (Lipinski definition) is 10. The Morgan fingerprint density at radius 1 is 0.541 bits per heavy atom. The van der Waals surface area contributed by atoms with Crippen molar-refractivity contribution in [3.8, 4) is 0 Å². The molecule has 218 valence electrons. The van der Waals surface area contributed by atoms with Gasteiger partial charge in [-0.05, 0) is 18.3 Å².